The molecule has 4 heterocycles. The number of benzene rings is 2. The quantitative estimate of drug-likeness (QED) is 0.342. The van der Waals surface area contributed by atoms with Crippen LogP contribution in [0.5, 0.6) is 0 Å². The number of aromatic nitrogens is 8. The van der Waals surface area contributed by atoms with E-state index in [1.165, 1.54) is 0 Å². The van der Waals surface area contributed by atoms with Crippen LogP contribution in [0.25, 0.3) is 33.8 Å². The normalized spacial score (nSPS) is 10.9. The molecule has 0 bridgehead atoms. The van der Waals surface area contributed by atoms with Gasteiger partial charge in [0.1, 0.15) is 28.9 Å². The van der Waals surface area contributed by atoms with Crippen molar-refractivity contribution in [2.75, 3.05) is 11.5 Å². The maximum atomic E-state index is 5.89. The summed E-state index contributed by atoms with van der Waals surface area (Å²) in [6.45, 7) is 3.68. The Morgan fingerprint density at radius 1 is 0.686 bits per heavy atom. The van der Waals surface area contributed by atoms with E-state index in [4.69, 9.17) is 11.5 Å². The molecule has 35 heavy (non-hydrogen) atoms. The SMILES string of the molecule is Cc1nc2c(-c3ccccc3)nc(N)c(Br)n2n1.Cc1nc2c(-c3ccccc3)nc(N)cn2n1. The van der Waals surface area contributed by atoms with E-state index in [9.17, 15) is 0 Å². The molecule has 0 spiro atoms. The molecule has 11 heteroatoms. The Labute approximate surface area is 208 Å². The molecule has 0 atom stereocenters. The van der Waals surface area contributed by atoms with Gasteiger partial charge in [-0.15, -0.1) is 0 Å². The number of aryl methyl sites for hydroxylation is 2. The minimum Gasteiger partial charge on any atom is -0.382 e. The zero-order valence-corrected chi connectivity index (χ0v) is 20.5. The molecule has 6 aromatic rings. The van der Waals surface area contributed by atoms with Crippen LogP contribution >= 0.6 is 15.9 Å². The monoisotopic (exact) mass is 528 g/mol. The molecule has 0 saturated carbocycles. The number of rotatable bonds is 2. The summed E-state index contributed by atoms with van der Waals surface area (Å²) in [5.74, 6) is 2.21. The molecule has 0 aliphatic carbocycles. The predicted molar refractivity (Wildman–Crippen MR) is 138 cm³/mol. The molecule has 4 N–H and O–H groups in total. The lowest BCUT2D eigenvalue weighted by atomic mass is 10.1. The Morgan fingerprint density at radius 2 is 1.23 bits per heavy atom. The Kier molecular flexibility index (Phi) is 5.83. The van der Waals surface area contributed by atoms with E-state index in [2.05, 4.69) is 46.1 Å². The number of hydrogen-bond donors (Lipinski definition) is 2. The van der Waals surface area contributed by atoms with Gasteiger partial charge < -0.3 is 11.5 Å². The van der Waals surface area contributed by atoms with Crippen molar-refractivity contribution < 1.29 is 0 Å². The highest BCUT2D eigenvalue weighted by molar-refractivity contribution is 9.10. The van der Waals surface area contributed by atoms with E-state index >= 15 is 0 Å². The molecule has 0 radical (unpaired) electrons. The van der Waals surface area contributed by atoms with Gasteiger partial charge in [-0.2, -0.15) is 10.2 Å². The Bertz CT molecular complexity index is 1640. The fourth-order valence-electron chi connectivity index (χ4n) is 3.62. The van der Waals surface area contributed by atoms with Gasteiger partial charge in [-0.3, -0.25) is 0 Å². The van der Waals surface area contributed by atoms with Gasteiger partial charge in [0.2, 0.25) is 0 Å². The average molecular weight is 529 g/mol. The summed E-state index contributed by atoms with van der Waals surface area (Å²) in [6, 6.07) is 19.6. The van der Waals surface area contributed by atoms with E-state index in [1.54, 1.807) is 15.2 Å². The van der Waals surface area contributed by atoms with Crippen molar-refractivity contribution in [2.24, 2.45) is 0 Å². The third-order valence-electron chi connectivity index (χ3n) is 5.09. The molecule has 0 unspecified atom stereocenters. The second-order valence-electron chi connectivity index (χ2n) is 7.70. The summed E-state index contributed by atoms with van der Waals surface area (Å²) in [5.41, 5.74) is 16.5. The number of fused-ring (bicyclic) bond motifs is 2. The van der Waals surface area contributed by atoms with Gasteiger partial charge in [0.25, 0.3) is 0 Å². The smallest absolute Gasteiger partial charge is 0.183 e. The first kappa shape index (κ1) is 22.4. The van der Waals surface area contributed by atoms with Crippen LogP contribution in [0.1, 0.15) is 11.6 Å². The Balaban J connectivity index is 0.000000145. The molecule has 0 saturated heterocycles. The molecule has 4 aromatic heterocycles. The predicted octanol–water partition coefficient (Wildman–Crippen LogP) is 4.13. The third kappa shape index (κ3) is 4.41. The van der Waals surface area contributed by atoms with Gasteiger partial charge in [0.05, 0.1) is 6.20 Å². The third-order valence-corrected chi connectivity index (χ3v) is 5.84. The fourth-order valence-corrected chi connectivity index (χ4v) is 3.96. The molecular formula is C24H21BrN10. The van der Waals surface area contributed by atoms with Crippen LogP contribution in [-0.4, -0.2) is 39.2 Å². The summed E-state index contributed by atoms with van der Waals surface area (Å²) in [7, 11) is 0. The van der Waals surface area contributed by atoms with Crippen molar-refractivity contribution in [1.29, 1.82) is 0 Å². The zero-order valence-electron chi connectivity index (χ0n) is 19.0. The fraction of sp³-hybridized carbons (Fsp3) is 0.0833. The van der Waals surface area contributed by atoms with Gasteiger partial charge in [-0.05, 0) is 29.8 Å². The van der Waals surface area contributed by atoms with Gasteiger partial charge in [-0.25, -0.2) is 29.0 Å². The van der Waals surface area contributed by atoms with Crippen molar-refractivity contribution in [1.82, 2.24) is 39.2 Å². The summed E-state index contributed by atoms with van der Waals surface area (Å²) < 4.78 is 3.96. The number of hydrogen-bond acceptors (Lipinski definition) is 8. The van der Waals surface area contributed by atoms with Crippen LogP contribution < -0.4 is 11.5 Å². The minimum atomic E-state index is 0.395. The summed E-state index contributed by atoms with van der Waals surface area (Å²) >= 11 is 3.37. The van der Waals surface area contributed by atoms with Gasteiger partial charge in [0.15, 0.2) is 21.7 Å². The van der Waals surface area contributed by atoms with E-state index < -0.39 is 0 Å². The van der Waals surface area contributed by atoms with E-state index in [0.717, 1.165) is 28.2 Å². The number of nitrogens with zero attached hydrogens (tertiary/aromatic N) is 8. The van der Waals surface area contributed by atoms with Crippen molar-refractivity contribution >= 4 is 38.9 Å². The molecular weight excluding hydrogens is 508 g/mol. The molecule has 0 amide bonds. The van der Waals surface area contributed by atoms with Crippen molar-refractivity contribution in [3.05, 3.63) is 83.1 Å². The van der Waals surface area contributed by atoms with Crippen LogP contribution in [0.4, 0.5) is 11.6 Å². The summed E-state index contributed by atoms with van der Waals surface area (Å²) in [4.78, 5) is 17.5. The number of nitrogens with two attached hydrogens (primary N) is 2. The number of halogens is 1. The van der Waals surface area contributed by atoms with Crippen molar-refractivity contribution in [3.63, 3.8) is 0 Å². The second-order valence-corrected chi connectivity index (χ2v) is 8.46. The first-order valence-corrected chi connectivity index (χ1v) is 11.5. The van der Waals surface area contributed by atoms with E-state index in [1.807, 2.05) is 74.5 Å². The topological polar surface area (TPSA) is 138 Å². The van der Waals surface area contributed by atoms with Crippen LogP contribution in [0.2, 0.25) is 0 Å². The van der Waals surface area contributed by atoms with Crippen molar-refractivity contribution in [3.8, 4) is 22.5 Å². The lowest BCUT2D eigenvalue weighted by Crippen LogP contribution is -2.02. The zero-order chi connectivity index (χ0) is 24.5. The molecule has 0 aliphatic heterocycles. The first-order valence-electron chi connectivity index (χ1n) is 10.7. The van der Waals surface area contributed by atoms with Gasteiger partial charge in [-0.1, -0.05) is 60.7 Å². The molecule has 0 aliphatic rings. The highest BCUT2D eigenvalue weighted by Gasteiger charge is 2.15. The summed E-state index contributed by atoms with van der Waals surface area (Å²) in [5, 5.41) is 8.54. The van der Waals surface area contributed by atoms with Crippen molar-refractivity contribution in [2.45, 2.75) is 13.8 Å². The van der Waals surface area contributed by atoms with Crippen LogP contribution in [0.3, 0.4) is 0 Å². The molecule has 10 nitrogen and oxygen atoms in total. The highest BCUT2D eigenvalue weighted by atomic mass is 79.9. The molecule has 0 fully saturated rings. The van der Waals surface area contributed by atoms with Crippen LogP contribution in [-0.2, 0) is 0 Å². The van der Waals surface area contributed by atoms with Crippen LogP contribution in [0, 0.1) is 13.8 Å². The standard InChI is InChI=1S/C12H10BrN5.C12H11N5/c1-7-15-12-9(8-5-3-2-4-6-8)16-11(14)10(13)18(12)17-7;1-8-14-12-11(9-5-3-2-4-6-9)15-10(13)7-17(12)16-8/h2-6H,14H2,1H3;2-7H,13H2,1H3. The largest absolute Gasteiger partial charge is 0.382 e. The van der Waals surface area contributed by atoms with Gasteiger partial charge >= 0.3 is 0 Å². The average Bonchev–Trinajstić information content (AvgIpc) is 3.44. The lowest BCUT2D eigenvalue weighted by molar-refractivity contribution is 0.902. The van der Waals surface area contributed by atoms with Gasteiger partial charge in [0, 0.05) is 11.1 Å². The van der Waals surface area contributed by atoms with E-state index in [-0.39, 0.29) is 0 Å². The first-order chi connectivity index (χ1) is 16.9. The highest BCUT2D eigenvalue weighted by Crippen LogP contribution is 2.27. The number of nitrogen functional groups attached to an aromatic ring is 2. The van der Waals surface area contributed by atoms with Crippen LogP contribution in [0.15, 0.2) is 71.5 Å². The second kappa shape index (κ2) is 9.11. The Morgan fingerprint density at radius 3 is 1.86 bits per heavy atom. The Hall–Kier alpha value is -4.38. The molecule has 6 rings (SSSR count). The van der Waals surface area contributed by atoms with E-state index in [0.29, 0.717) is 33.5 Å². The number of anilines is 2. The maximum Gasteiger partial charge on any atom is 0.183 e. The summed E-state index contributed by atoms with van der Waals surface area (Å²) in [6.07, 6.45) is 1.67. The maximum absolute atomic E-state index is 5.89. The minimum absolute atomic E-state index is 0.395. The lowest BCUT2D eigenvalue weighted by Gasteiger charge is -2.06. The molecule has 2 aromatic carbocycles. The molecule has 174 valence electrons.